The zero-order valence-electron chi connectivity index (χ0n) is 15.9. The number of benzene rings is 2. The fourth-order valence-electron chi connectivity index (χ4n) is 3.68. The number of nitrogens with zero attached hydrogens (tertiary/aromatic N) is 2. The van der Waals surface area contributed by atoms with Crippen LogP contribution in [0.2, 0.25) is 0 Å². The van der Waals surface area contributed by atoms with E-state index in [0.29, 0.717) is 0 Å². The predicted octanol–water partition coefficient (Wildman–Crippen LogP) is 3.76. The van der Waals surface area contributed by atoms with Crippen molar-refractivity contribution < 1.29 is 0 Å². The first kappa shape index (κ1) is 19.1. The number of hydrogen-bond donors (Lipinski definition) is 1. The molecule has 1 aliphatic rings. The summed E-state index contributed by atoms with van der Waals surface area (Å²) < 4.78 is 0. The molecule has 26 heavy (non-hydrogen) atoms. The van der Waals surface area contributed by atoms with Crippen molar-refractivity contribution in [3.8, 4) is 0 Å². The van der Waals surface area contributed by atoms with Gasteiger partial charge in [-0.3, -0.25) is 4.90 Å². The lowest BCUT2D eigenvalue weighted by Crippen LogP contribution is -2.43. The Morgan fingerprint density at radius 2 is 1.31 bits per heavy atom. The Bertz CT molecular complexity index is 552. The summed E-state index contributed by atoms with van der Waals surface area (Å²) in [6.45, 7) is 9.25. The average Bonchev–Trinajstić information content (AvgIpc) is 2.70. The lowest BCUT2D eigenvalue weighted by Gasteiger charge is -2.27. The highest BCUT2D eigenvalue weighted by Crippen LogP contribution is 2.12. The maximum absolute atomic E-state index is 3.43. The minimum atomic E-state index is 1.04. The maximum atomic E-state index is 3.43. The van der Waals surface area contributed by atoms with E-state index >= 15 is 0 Å². The van der Waals surface area contributed by atoms with Gasteiger partial charge >= 0.3 is 0 Å². The summed E-state index contributed by atoms with van der Waals surface area (Å²) in [5, 5.41) is 3.43. The Morgan fingerprint density at radius 1 is 0.731 bits per heavy atom. The normalized spacial score (nSPS) is 15.4. The van der Waals surface area contributed by atoms with Crippen LogP contribution in [-0.2, 0) is 13.1 Å². The van der Waals surface area contributed by atoms with Gasteiger partial charge in [-0.05, 0) is 37.1 Å². The summed E-state index contributed by atoms with van der Waals surface area (Å²) in [7, 11) is 0. The molecule has 0 radical (unpaired) electrons. The van der Waals surface area contributed by atoms with E-state index in [1.807, 2.05) is 0 Å². The second kappa shape index (κ2) is 11.1. The Morgan fingerprint density at radius 3 is 1.88 bits per heavy atom. The van der Waals surface area contributed by atoms with Gasteiger partial charge in [-0.15, -0.1) is 0 Å². The standard InChI is InChI=1S/C23H33N3/c1-4-10-22(11-5-1)20-26(21-23-12-6-2-7-13-23)17-9-3-8-16-25-18-14-24-15-19-25/h1-2,4-7,10-13,24H,3,8-9,14-21H2. The van der Waals surface area contributed by atoms with Gasteiger partial charge in [0.1, 0.15) is 0 Å². The predicted molar refractivity (Wildman–Crippen MR) is 110 cm³/mol. The van der Waals surface area contributed by atoms with Gasteiger partial charge in [-0.1, -0.05) is 67.1 Å². The van der Waals surface area contributed by atoms with Crippen molar-refractivity contribution in [1.82, 2.24) is 15.1 Å². The minimum absolute atomic E-state index is 1.04. The first-order valence-corrected chi connectivity index (χ1v) is 10.1. The van der Waals surface area contributed by atoms with Crippen LogP contribution < -0.4 is 5.32 Å². The highest BCUT2D eigenvalue weighted by Gasteiger charge is 2.10. The van der Waals surface area contributed by atoms with Crippen molar-refractivity contribution in [2.45, 2.75) is 32.4 Å². The molecule has 0 saturated carbocycles. The SMILES string of the molecule is c1ccc(CN(CCCCCN2CCNCC2)Cc2ccccc2)cc1. The van der Waals surface area contributed by atoms with Crippen molar-refractivity contribution in [3.05, 3.63) is 71.8 Å². The van der Waals surface area contributed by atoms with Crippen molar-refractivity contribution in [2.24, 2.45) is 0 Å². The van der Waals surface area contributed by atoms with Crippen LogP contribution in [0.1, 0.15) is 30.4 Å². The molecule has 3 rings (SSSR count). The summed E-state index contributed by atoms with van der Waals surface area (Å²) in [5.74, 6) is 0. The third-order valence-corrected chi connectivity index (χ3v) is 5.16. The highest BCUT2D eigenvalue weighted by atomic mass is 15.2. The third kappa shape index (κ3) is 6.91. The first-order valence-electron chi connectivity index (χ1n) is 10.1. The Labute approximate surface area is 159 Å². The summed E-state index contributed by atoms with van der Waals surface area (Å²) in [4.78, 5) is 5.19. The largest absolute Gasteiger partial charge is 0.314 e. The van der Waals surface area contributed by atoms with Crippen molar-refractivity contribution >= 4 is 0 Å². The zero-order chi connectivity index (χ0) is 17.9. The van der Waals surface area contributed by atoms with Crippen LogP contribution in [0.4, 0.5) is 0 Å². The van der Waals surface area contributed by atoms with Crippen molar-refractivity contribution in [1.29, 1.82) is 0 Å². The van der Waals surface area contributed by atoms with E-state index in [2.05, 4.69) is 75.8 Å². The molecule has 0 atom stereocenters. The quantitative estimate of drug-likeness (QED) is 0.658. The number of piperazine rings is 1. The molecule has 1 N–H and O–H groups in total. The minimum Gasteiger partial charge on any atom is -0.314 e. The number of hydrogen-bond acceptors (Lipinski definition) is 3. The Hall–Kier alpha value is -1.68. The lowest BCUT2D eigenvalue weighted by atomic mass is 10.1. The second-order valence-electron chi connectivity index (χ2n) is 7.33. The zero-order valence-corrected chi connectivity index (χ0v) is 15.9. The smallest absolute Gasteiger partial charge is 0.0237 e. The molecule has 3 heteroatoms. The van der Waals surface area contributed by atoms with E-state index < -0.39 is 0 Å². The van der Waals surface area contributed by atoms with E-state index in [1.165, 1.54) is 56.6 Å². The fourth-order valence-corrected chi connectivity index (χ4v) is 3.68. The van der Waals surface area contributed by atoms with Crippen LogP contribution >= 0.6 is 0 Å². The fraction of sp³-hybridized carbons (Fsp3) is 0.478. The number of rotatable bonds is 10. The Kier molecular flexibility index (Phi) is 8.17. The van der Waals surface area contributed by atoms with Gasteiger partial charge in [0.2, 0.25) is 0 Å². The molecule has 0 bridgehead atoms. The molecule has 0 spiro atoms. The van der Waals surface area contributed by atoms with Gasteiger partial charge in [0, 0.05) is 39.3 Å². The number of unbranched alkanes of at least 4 members (excludes halogenated alkanes) is 2. The lowest BCUT2D eigenvalue weighted by molar-refractivity contribution is 0.226. The van der Waals surface area contributed by atoms with Gasteiger partial charge in [-0.25, -0.2) is 0 Å². The molecule has 2 aromatic carbocycles. The topological polar surface area (TPSA) is 18.5 Å². The van der Waals surface area contributed by atoms with E-state index in [4.69, 9.17) is 0 Å². The Balaban J connectivity index is 1.43. The highest BCUT2D eigenvalue weighted by molar-refractivity contribution is 5.17. The van der Waals surface area contributed by atoms with Crippen LogP contribution in [-0.4, -0.2) is 49.1 Å². The third-order valence-electron chi connectivity index (χ3n) is 5.16. The van der Waals surface area contributed by atoms with E-state index in [1.54, 1.807) is 0 Å². The van der Waals surface area contributed by atoms with E-state index in [9.17, 15) is 0 Å². The van der Waals surface area contributed by atoms with Gasteiger partial charge in [0.05, 0.1) is 0 Å². The van der Waals surface area contributed by atoms with Gasteiger partial charge in [-0.2, -0.15) is 0 Å². The molecule has 0 unspecified atom stereocenters. The molecule has 140 valence electrons. The molecule has 1 aliphatic heterocycles. The molecule has 1 saturated heterocycles. The van der Waals surface area contributed by atoms with Crippen LogP contribution in [0.5, 0.6) is 0 Å². The van der Waals surface area contributed by atoms with E-state index in [-0.39, 0.29) is 0 Å². The van der Waals surface area contributed by atoms with Crippen molar-refractivity contribution in [3.63, 3.8) is 0 Å². The van der Waals surface area contributed by atoms with Gasteiger partial charge in [0.15, 0.2) is 0 Å². The summed E-state index contributed by atoms with van der Waals surface area (Å²) in [5.41, 5.74) is 2.81. The van der Waals surface area contributed by atoms with Crippen LogP contribution in [0, 0.1) is 0 Å². The van der Waals surface area contributed by atoms with Crippen LogP contribution in [0.3, 0.4) is 0 Å². The van der Waals surface area contributed by atoms with Gasteiger partial charge < -0.3 is 10.2 Å². The summed E-state index contributed by atoms with van der Waals surface area (Å²) in [6.07, 6.45) is 3.93. The molecule has 1 fully saturated rings. The van der Waals surface area contributed by atoms with Crippen molar-refractivity contribution in [2.75, 3.05) is 39.3 Å². The van der Waals surface area contributed by atoms with Gasteiger partial charge in [0.25, 0.3) is 0 Å². The summed E-state index contributed by atoms with van der Waals surface area (Å²) >= 11 is 0. The average molecular weight is 352 g/mol. The molecule has 3 nitrogen and oxygen atoms in total. The number of nitrogens with one attached hydrogen (secondary N) is 1. The first-order chi connectivity index (χ1) is 12.9. The molecular weight excluding hydrogens is 318 g/mol. The molecular formula is C23H33N3. The molecule has 0 aliphatic carbocycles. The molecule has 0 amide bonds. The van der Waals surface area contributed by atoms with Crippen LogP contribution in [0.25, 0.3) is 0 Å². The molecule has 1 heterocycles. The second-order valence-corrected chi connectivity index (χ2v) is 7.33. The monoisotopic (exact) mass is 351 g/mol. The summed E-state index contributed by atoms with van der Waals surface area (Å²) in [6, 6.07) is 21.7. The van der Waals surface area contributed by atoms with Crippen LogP contribution in [0.15, 0.2) is 60.7 Å². The maximum Gasteiger partial charge on any atom is 0.0237 e. The molecule has 2 aromatic rings. The van der Waals surface area contributed by atoms with E-state index in [0.717, 1.165) is 26.2 Å². The molecule has 0 aromatic heterocycles.